The third kappa shape index (κ3) is 3.12. The van der Waals surface area contributed by atoms with Crippen molar-refractivity contribution in [1.82, 2.24) is 5.32 Å². The van der Waals surface area contributed by atoms with E-state index in [1.807, 2.05) is 32.0 Å². The molecule has 0 aromatic heterocycles. The summed E-state index contributed by atoms with van der Waals surface area (Å²) in [5.41, 5.74) is 3.00. The number of fused-ring (bicyclic) bond motifs is 1. The van der Waals surface area contributed by atoms with E-state index in [2.05, 4.69) is 10.6 Å². The molecule has 3 amide bonds. The zero-order valence-corrected chi connectivity index (χ0v) is 13.3. The standard InChI is InChI=1S/C18H16N2O4/c1-10-3-4-11(2)15(7-10)24-9-16(21)19-12-5-6-13-14(8-12)18(23)20-17(13)22/h3-8H,9H2,1-2H3,(H,19,21)(H,20,22,23). The van der Waals surface area contributed by atoms with Crippen molar-refractivity contribution in [2.24, 2.45) is 0 Å². The van der Waals surface area contributed by atoms with Crippen LogP contribution in [0, 0.1) is 13.8 Å². The van der Waals surface area contributed by atoms with Gasteiger partial charge < -0.3 is 10.1 Å². The number of anilines is 1. The van der Waals surface area contributed by atoms with Crippen molar-refractivity contribution < 1.29 is 19.1 Å². The first-order chi connectivity index (χ1) is 11.4. The maximum Gasteiger partial charge on any atom is 0.262 e. The number of rotatable bonds is 4. The molecular formula is C18H16N2O4. The average molecular weight is 324 g/mol. The molecule has 1 aliphatic heterocycles. The Hall–Kier alpha value is -3.15. The lowest BCUT2D eigenvalue weighted by Crippen LogP contribution is -2.21. The lowest BCUT2D eigenvalue weighted by atomic mass is 10.1. The summed E-state index contributed by atoms with van der Waals surface area (Å²) in [7, 11) is 0. The molecule has 0 fully saturated rings. The van der Waals surface area contributed by atoms with Crippen LogP contribution in [0.2, 0.25) is 0 Å². The average Bonchev–Trinajstić information content (AvgIpc) is 2.82. The van der Waals surface area contributed by atoms with Gasteiger partial charge in [0.1, 0.15) is 5.75 Å². The van der Waals surface area contributed by atoms with Gasteiger partial charge in [-0.3, -0.25) is 19.7 Å². The van der Waals surface area contributed by atoms with Crippen molar-refractivity contribution >= 4 is 23.4 Å². The van der Waals surface area contributed by atoms with E-state index < -0.39 is 11.8 Å². The van der Waals surface area contributed by atoms with E-state index in [9.17, 15) is 14.4 Å². The van der Waals surface area contributed by atoms with Crippen molar-refractivity contribution in [2.75, 3.05) is 11.9 Å². The monoisotopic (exact) mass is 324 g/mol. The highest BCUT2D eigenvalue weighted by atomic mass is 16.5. The van der Waals surface area contributed by atoms with Crippen molar-refractivity contribution in [1.29, 1.82) is 0 Å². The molecule has 24 heavy (non-hydrogen) atoms. The van der Waals surface area contributed by atoms with Crippen molar-refractivity contribution in [2.45, 2.75) is 13.8 Å². The molecule has 1 heterocycles. The minimum absolute atomic E-state index is 0.146. The molecule has 0 saturated heterocycles. The van der Waals surface area contributed by atoms with Crippen LogP contribution in [0.1, 0.15) is 31.8 Å². The van der Waals surface area contributed by atoms with E-state index in [4.69, 9.17) is 4.74 Å². The van der Waals surface area contributed by atoms with Gasteiger partial charge in [-0.2, -0.15) is 0 Å². The molecule has 2 N–H and O–H groups in total. The van der Waals surface area contributed by atoms with Gasteiger partial charge in [0.15, 0.2) is 6.61 Å². The van der Waals surface area contributed by atoms with Gasteiger partial charge in [0.05, 0.1) is 11.1 Å². The summed E-state index contributed by atoms with van der Waals surface area (Å²) in [6, 6.07) is 10.3. The van der Waals surface area contributed by atoms with Gasteiger partial charge >= 0.3 is 0 Å². The van der Waals surface area contributed by atoms with Crippen LogP contribution in [0.4, 0.5) is 5.69 Å². The highest BCUT2D eigenvalue weighted by molar-refractivity contribution is 6.22. The minimum Gasteiger partial charge on any atom is -0.483 e. The first kappa shape index (κ1) is 15.7. The van der Waals surface area contributed by atoms with Gasteiger partial charge in [-0.15, -0.1) is 0 Å². The van der Waals surface area contributed by atoms with E-state index in [0.717, 1.165) is 11.1 Å². The van der Waals surface area contributed by atoms with Crippen LogP contribution in [0.15, 0.2) is 36.4 Å². The highest BCUT2D eigenvalue weighted by Crippen LogP contribution is 2.21. The Balaban J connectivity index is 1.65. The summed E-state index contributed by atoms with van der Waals surface area (Å²) in [5.74, 6) is -0.575. The van der Waals surface area contributed by atoms with Crippen LogP contribution in [0.3, 0.4) is 0 Å². The maximum atomic E-state index is 12.0. The smallest absolute Gasteiger partial charge is 0.262 e. The molecule has 2 aromatic rings. The molecule has 0 atom stereocenters. The van der Waals surface area contributed by atoms with Gasteiger partial charge in [0.2, 0.25) is 0 Å². The summed E-state index contributed by atoms with van der Waals surface area (Å²) in [4.78, 5) is 35.1. The van der Waals surface area contributed by atoms with Crippen LogP contribution >= 0.6 is 0 Å². The Kier molecular flexibility index (Phi) is 4.04. The molecule has 122 valence electrons. The van der Waals surface area contributed by atoms with Gasteiger partial charge in [0, 0.05) is 5.69 Å². The largest absolute Gasteiger partial charge is 0.483 e. The van der Waals surface area contributed by atoms with Crippen molar-refractivity contribution in [3.8, 4) is 5.75 Å². The molecule has 0 saturated carbocycles. The molecule has 0 bridgehead atoms. The lowest BCUT2D eigenvalue weighted by molar-refractivity contribution is -0.118. The van der Waals surface area contributed by atoms with Crippen LogP contribution in [-0.2, 0) is 4.79 Å². The third-order valence-corrected chi connectivity index (χ3v) is 3.72. The molecule has 1 aliphatic rings. The molecule has 6 heteroatoms. The zero-order valence-electron chi connectivity index (χ0n) is 13.3. The van der Waals surface area contributed by atoms with E-state index >= 15 is 0 Å². The summed E-state index contributed by atoms with van der Waals surface area (Å²) in [6.45, 7) is 3.71. The molecule has 3 rings (SSSR count). The summed E-state index contributed by atoms with van der Waals surface area (Å²) in [6.07, 6.45) is 0. The fourth-order valence-corrected chi connectivity index (χ4v) is 2.45. The number of carbonyl (C=O) groups excluding carboxylic acids is 3. The molecule has 2 aromatic carbocycles. The second kappa shape index (κ2) is 6.16. The normalized spacial score (nSPS) is 12.6. The van der Waals surface area contributed by atoms with E-state index in [0.29, 0.717) is 17.0 Å². The van der Waals surface area contributed by atoms with Crippen molar-refractivity contribution in [3.05, 3.63) is 58.7 Å². The lowest BCUT2D eigenvalue weighted by Gasteiger charge is -2.10. The van der Waals surface area contributed by atoms with Crippen LogP contribution in [-0.4, -0.2) is 24.3 Å². The van der Waals surface area contributed by atoms with Crippen LogP contribution in [0.5, 0.6) is 5.75 Å². The topological polar surface area (TPSA) is 84.5 Å². The number of hydrogen-bond acceptors (Lipinski definition) is 4. The number of aryl methyl sites for hydroxylation is 2. The quantitative estimate of drug-likeness (QED) is 0.845. The maximum absolute atomic E-state index is 12.0. The number of ether oxygens (including phenoxy) is 1. The predicted octanol–water partition coefficient (Wildman–Crippen LogP) is 2.20. The fourth-order valence-electron chi connectivity index (χ4n) is 2.45. The Morgan fingerprint density at radius 2 is 1.79 bits per heavy atom. The highest BCUT2D eigenvalue weighted by Gasteiger charge is 2.26. The Morgan fingerprint density at radius 1 is 1.04 bits per heavy atom. The summed E-state index contributed by atoms with van der Waals surface area (Å²) < 4.78 is 5.54. The summed E-state index contributed by atoms with van der Waals surface area (Å²) in [5, 5.41) is 4.86. The van der Waals surface area contributed by atoms with Crippen LogP contribution in [0.25, 0.3) is 0 Å². The third-order valence-electron chi connectivity index (χ3n) is 3.72. The zero-order chi connectivity index (χ0) is 17.3. The van der Waals surface area contributed by atoms with Gasteiger partial charge in [-0.05, 0) is 49.2 Å². The van der Waals surface area contributed by atoms with E-state index in [1.54, 1.807) is 6.07 Å². The predicted molar refractivity (Wildman–Crippen MR) is 88.3 cm³/mol. The number of nitrogens with one attached hydrogen (secondary N) is 2. The first-order valence-corrected chi connectivity index (χ1v) is 7.43. The molecule has 0 spiro atoms. The van der Waals surface area contributed by atoms with E-state index in [1.165, 1.54) is 12.1 Å². The van der Waals surface area contributed by atoms with E-state index in [-0.39, 0.29) is 18.1 Å². The van der Waals surface area contributed by atoms with Gasteiger partial charge in [-0.1, -0.05) is 12.1 Å². The Labute approximate surface area is 138 Å². The number of hydrogen-bond donors (Lipinski definition) is 2. The Morgan fingerprint density at radius 3 is 2.58 bits per heavy atom. The minimum atomic E-state index is -0.460. The van der Waals surface area contributed by atoms with Crippen LogP contribution < -0.4 is 15.4 Å². The van der Waals surface area contributed by atoms with Crippen molar-refractivity contribution in [3.63, 3.8) is 0 Å². The SMILES string of the molecule is Cc1ccc(C)c(OCC(=O)Nc2ccc3c(c2)C(=O)NC3=O)c1. The van der Waals surface area contributed by atoms with Gasteiger partial charge in [0.25, 0.3) is 17.7 Å². The molecular weight excluding hydrogens is 308 g/mol. The molecule has 6 nitrogen and oxygen atoms in total. The number of benzene rings is 2. The molecule has 0 radical (unpaired) electrons. The second-order valence-corrected chi connectivity index (χ2v) is 5.65. The molecule has 0 unspecified atom stereocenters. The number of imide groups is 1. The number of carbonyl (C=O) groups is 3. The number of amides is 3. The first-order valence-electron chi connectivity index (χ1n) is 7.43. The van der Waals surface area contributed by atoms with Gasteiger partial charge in [-0.25, -0.2) is 0 Å². The fraction of sp³-hybridized carbons (Fsp3) is 0.167. The summed E-state index contributed by atoms with van der Waals surface area (Å²) >= 11 is 0. The Bertz CT molecular complexity index is 858. The molecule has 0 aliphatic carbocycles. The second-order valence-electron chi connectivity index (χ2n) is 5.65.